The van der Waals surface area contributed by atoms with Gasteiger partial charge in [-0.1, -0.05) is 12.1 Å². The van der Waals surface area contributed by atoms with Crippen LogP contribution in [-0.4, -0.2) is 26.2 Å². The second-order valence-electron chi connectivity index (χ2n) is 4.61. The first-order valence-corrected chi connectivity index (χ1v) is 7.52. The van der Waals surface area contributed by atoms with Gasteiger partial charge in [0.15, 0.2) is 0 Å². The van der Waals surface area contributed by atoms with E-state index in [1.807, 2.05) is 0 Å². The maximum absolute atomic E-state index is 12.0. The van der Waals surface area contributed by atoms with Gasteiger partial charge in [0.25, 0.3) is 0 Å². The summed E-state index contributed by atoms with van der Waals surface area (Å²) in [4.78, 5) is 23.4. The molecule has 0 atom stereocenters. The minimum atomic E-state index is -0.439. The summed E-state index contributed by atoms with van der Waals surface area (Å²) in [5, 5.41) is 0. The van der Waals surface area contributed by atoms with Crippen molar-refractivity contribution >= 4 is 27.9 Å². The Morgan fingerprint density at radius 2 is 1.61 bits per heavy atom. The number of hydrogen-bond donors (Lipinski definition) is 0. The first kappa shape index (κ1) is 17.0. The lowest BCUT2D eigenvalue weighted by atomic mass is 10.1. The molecule has 0 fully saturated rings. The SMILES string of the molecule is COC(=O)c1ccc(COC(=O)c2ccc(OC)c(Br)c2)cc1. The predicted molar refractivity (Wildman–Crippen MR) is 87.6 cm³/mol. The van der Waals surface area contributed by atoms with Gasteiger partial charge in [-0.05, 0) is 51.8 Å². The van der Waals surface area contributed by atoms with Crippen molar-refractivity contribution in [2.24, 2.45) is 0 Å². The van der Waals surface area contributed by atoms with Gasteiger partial charge in [-0.3, -0.25) is 0 Å². The standard InChI is InChI=1S/C17H15BrO5/c1-21-15-8-7-13(9-14(15)18)17(20)23-10-11-3-5-12(6-4-11)16(19)22-2/h3-9H,10H2,1-2H3. The van der Waals surface area contributed by atoms with Gasteiger partial charge in [0.1, 0.15) is 12.4 Å². The average molecular weight is 379 g/mol. The molecule has 120 valence electrons. The fourth-order valence-corrected chi connectivity index (χ4v) is 2.42. The van der Waals surface area contributed by atoms with Crippen molar-refractivity contribution in [2.45, 2.75) is 6.61 Å². The van der Waals surface area contributed by atoms with E-state index in [1.54, 1.807) is 49.6 Å². The molecule has 5 nitrogen and oxygen atoms in total. The molecule has 2 aromatic rings. The molecule has 0 bridgehead atoms. The smallest absolute Gasteiger partial charge is 0.338 e. The van der Waals surface area contributed by atoms with E-state index in [4.69, 9.17) is 9.47 Å². The lowest BCUT2D eigenvalue weighted by Gasteiger charge is -2.08. The van der Waals surface area contributed by atoms with Crippen LogP contribution in [0.3, 0.4) is 0 Å². The van der Waals surface area contributed by atoms with Gasteiger partial charge in [-0.2, -0.15) is 0 Å². The third kappa shape index (κ3) is 4.32. The largest absolute Gasteiger partial charge is 0.496 e. The molecule has 0 aliphatic carbocycles. The van der Waals surface area contributed by atoms with E-state index >= 15 is 0 Å². The molecule has 0 N–H and O–H groups in total. The molecule has 2 aromatic carbocycles. The number of methoxy groups -OCH3 is 2. The highest BCUT2D eigenvalue weighted by Crippen LogP contribution is 2.25. The van der Waals surface area contributed by atoms with E-state index in [0.717, 1.165) is 5.56 Å². The van der Waals surface area contributed by atoms with Crippen molar-refractivity contribution < 1.29 is 23.8 Å². The predicted octanol–water partition coefficient (Wildman–Crippen LogP) is 3.60. The molecule has 2 rings (SSSR count). The van der Waals surface area contributed by atoms with Crippen molar-refractivity contribution in [3.05, 3.63) is 63.6 Å². The molecule has 0 unspecified atom stereocenters. The Morgan fingerprint density at radius 1 is 0.957 bits per heavy atom. The van der Waals surface area contributed by atoms with Crippen LogP contribution in [0, 0.1) is 0 Å². The van der Waals surface area contributed by atoms with Crippen LogP contribution in [0.1, 0.15) is 26.3 Å². The van der Waals surface area contributed by atoms with Crippen LogP contribution in [0.4, 0.5) is 0 Å². The molecule has 6 heteroatoms. The number of hydrogen-bond acceptors (Lipinski definition) is 5. The van der Waals surface area contributed by atoms with E-state index in [1.165, 1.54) is 7.11 Å². The summed E-state index contributed by atoms with van der Waals surface area (Å²) in [6.07, 6.45) is 0. The van der Waals surface area contributed by atoms with Crippen LogP contribution >= 0.6 is 15.9 Å². The van der Waals surface area contributed by atoms with Crippen molar-refractivity contribution in [1.82, 2.24) is 0 Å². The summed E-state index contributed by atoms with van der Waals surface area (Å²) in [6, 6.07) is 11.6. The molecular formula is C17H15BrO5. The summed E-state index contributed by atoms with van der Waals surface area (Å²) in [5.74, 6) is -0.207. The number of ether oxygens (including phenoxy) is 3. The number of esters is 2. The van der Waals surface area contributed by atoms with Crippen molar-refractivity contribution in [2.75, 3.05) is 14.2 Å². The average Bonchev–Trinajstić information content (AvgIpc) is 2.59. The Morgan fingerprint density at radius 3 is 2.17 bits per heavy atom. The Balaban J connectivity index is 1.99. The highest BCUT2D eigenvalue weighted by atomic mass is 79.9. The highest BCUT2D eigenvalue weighted by molar-refractivity contribution is 9.10. The van der Waals surface area contributed by atoms with Crippen LogP contribution in [0.2, 0.25) is 0 Å². The van der Waals surface area contributed by atoms with Gasteiger partial charge in [0.05, 0.1) is 29.8 Å². The topological polar surface area (TPSA) is 61.8 Å². The number of rotatable bonds is 5. The maximum atomic E-state index is 12.0. The fourth-order valence-electron chi connectivity index (χ4n) is 1.88. The zero-order valence-corrected chi connectivity index (χ0v) is 14.3. The molecular weight excluding hydrogens is 364 g/mol. The Labute approximate surface area is 142 Å². The quantitative estimate of drug-likeness (QED) is 0.743. The van der Waals surface area contributed by atoms with E-state index in [0.29, 0.717) is 21.3 Å². The van der Waals surface area contributed by atoms with Gasteiger partial charge in [0, 0.05) is 0 Å². The normalized spacial score (nSPS) is 10.0. The van der Waals surface area contributed by atoms with Crippen LogP contribution in [0.25, 0.3) is 0 Å². The molecule has 0 spiro atoms. The minimum Gasteiger partial charge on any atom is -0.496 e. The molecule has 0 amide bonds. The summed E-state index contributed by atoms with van der Waals surface area (Å²) in [6.45, 7) is 0.115. The van der Waals surface area contributed by atoms with Crippen molar-refractivity contribution in [3.8, 4) is 5.75 Å². The Kier molecular flexibility index (Phi) is 5.76. The van der Waals surface area contributed by atoms with Gasteiger partial charge >= 0.3 is 11.9 Å². The Hall–Kier alpha value is -2.34. The van der Waals surface area contributed by atoms with E-state index in [-0.39, 0.29) is 6.61 Å². The molecule has 0 heterocycles. The van der Waals surface area contributed by atoms with Gasteiger partial charge in [-0.15, -0.1) is 0 Å². The molecule has 0 aliphatic heterocycles. The first-order valence-electron chi connectivity index (χ1n) is 6.73. The second-order valence-corrected chi connectivity index (χ2v) is 5.47. The summed E-state index contributed by atoms with van der Waals surface area (Å²) in [7, 11) is 2.88. The summed E-state index contributed by atoms with van der Waals surface area (Å²) < 4.78 is 15.7. The van der Waals surface area contributed by atoms with E-state index < -0.39 is 11.9 Å². The number of halogens is 1. The number of carbonyl (C=O) groups excluding carboxylic acids is 2. The van der Waals surface area contributed by atoms with Gasteiger partial charge in [-0.25, -0.2) is 9.59 Å². The monoisotopic (exact) mass is 378 g/mol. The van der Waals surface area contributed by atoms with Crippen LogP contribution in [0.5, 0.6) is 5.75 Å². The third-order valence-electron chi connectivity index (χ3n) is 3.13. The summed E-state index contributed by atoms with van der Waals surface area (Å²) >= 11 is 3.32. The lowest BCUT2D eigenvalue weighted by molar-refractivity contribution is 0.0471. The van der Waals surface area contributed by atoms with Crippen molar-refractivity contribution in [3.63, 3.8) is 0 Å². The zero-order chi connectivity index (χ0) is 16.8. The number of benzene rings is 2. The maximum Gasteiger partial charge on any atom is 0.338 e. The molecule has 0 radical (unpaired) electrons. The van der Waals surface area contributed by atoms with Crippen LogP contribution < -0.4 is 4.74 Å². The minimum absolute atomic E-state index is 0.115. The van der Waals surface area contributed by atoms with E-state index in [9.17, 15) is 9.59 Å². The van der Waals surface area contributed by atoms with E-state index in [2.05, 4.69) is 20.7 Å². The first-order chi connectivity index (χ1) is 11.0. The fraction of sp³-hybridized carbons (Fsp3) is 0.176. The second kappa shape index (κ2) is 7.78. The molecule has 0 aliphatic rings. The third-order valence-corrected chi connectivity index (χ3v) is 3.75. The number of carbonyl (C=O) groups is 2. The Bertz CT molecular complexity index is 709. The summed E-state index contributed by atoms with van der Waals surface area (Å²) in [5.41, 5.74) is 1.64. The van der Waals surface area contributed by atoms with Gasteiger partial charge < -0.3 is 14.2 Å². The van der Waals surface area contributed by atoms with Crippen molar-refractivity contribution in [1.29, 1.82) is 0 Å². The molecule has 0 saturated heterocycles. The van der Waals surface area contributed by atoms with Crippen LogP contribution in [0.15, 0.2) is 46.9 Å². The molecule has 23 heavy (non-hydrogen) atoms. The molecule has 0 saturated carbocycles. The lowest BCUT2D eigenvalue weighted by Crippen LogP contribution is -2.06. The molecule has 0 aromatic heterocycles. The van der Waals surface area contributed by atoms with Gasteiger partial charge in [0.2, 0.25) is 0 Å². The van der Waals surface area contributed by atoms with Crippen LogP contribution in [-0.2, 0) is 16.1 Å². The zero-order valence-electron chi connectivity index (χ0n) is 12.7. The highest BCUT2D eigenvalue weighted by Gasteiger charge is 2.11.